The van der Waals surface area contributed by atoms with Gasteiger partial charge in [-0.2, -0.15) is 5.10 Å². The van der Waals surface area contributed by atoms with Crippen LogP contribution < -0.4 is 11.1 Å². The fourth-order valence-electron chi connectivity index (χ4n) is 1.74. The molecule has 0 aliphatic heterocycles. The van der Waals surface area contributed by atoms with E-state index in [9.17, 15) is 4.79 Å². The number of fused-ring (bicyclic) bond motifs is 1. The number of aromatic nitrogens is 2. The minimum Gasteiger partial charge on any atom is -0.382 e. The summed E-state index contributed by atoms with van der Waals surface area (Å²) >= 11 is 7.31. The Bertz CT molecular complexity index is 764. The molecular formula is C12H9ClN4OS. The monoisotopic (exact) mass is 292 g/mol. The predicted molar refractivity (Wildman–Crippen MR) is 76.9 cm³/mol. The molecular weight excluding hydrogens is 284 g/mol. The Balaban J connectivity index is 1.98. The zero-order chi connectivity index (χ0) is 13.4. The molecule has 0 radical (unpaired) electrons. The maximum Gasteiger partial charge on any atom is 0.274 e. The van der Waals surface area contributed by atoms with Gasteiger partial charge in [0.25, 0.3) is 5.91 Å². The van der Waals surface area contributed by atoms with Crippen LogP contribution in [0.25, 0.3) is 5.52 Å². The van der Waals surface area contributed by atoms with E-state index >= 15 is 0 Å². The lowest BCUT2D eigenvalue weighted by Crippen LogP contribution is -2.15. The van der Waals surface area contributed by atoms with Gasteiger partial charge in [-0.1, -0.05) is 11.6 Å². The second kappa shape index (κ2) is 4.56. The summed E-state index contributed by atoms with van der Waals surface area (Å²) in [4.78, 5) is 12.2. The molecule has 0 spiro atoms. The summed E-state index contributed by atoms with van der Waals surface area (Å²) in [5.41, 5.74) is 7.43. The van der Waals surface area contributed by atoms with Crippen molar-refractivity contribution in [3.63, 3.8) is 0 Å². The smallest absolute Gasteiger partial charge is 0.274 e. The summed E-state index contributed by atoms with van der Waals surface area (Å²) < 4.78 is 2.05. The number of rotatable bonds is 2. The van der Waals surface area contributed by atoms with Crippen molar-refractivity contribution in [3.8, 4) is 0 Å². The first-order chi connectivity index (χ1) is 9.15. The number of amides is 1. The van der Waals surface area contributed by atoms with Crippen LogP contribution in [0.5, 0.6) is 0 Å². The van der Waals surface area contributed by atoms with Gasteiger partial charge in [0.15, 0.2) is 0 Å². The summed E-state index contributed by atoms with van der Waals surface area (Å²) in [5, 5.41) is 8.66. The average Bonchev–Trinajstić information content (AvgIpc) is 2.96. The third-order valence-electron chi connectivity index (χ3n) is 2.62. The van der Waals surface area contributed by atoms with Crippen LogP contribution in [0.2, 0.25) is 4.34 Å². The first-order valence-electron chi connectivity index (χ1n) is 5.44. The van der Waals surface area contributed by atoms with Gasteiger partial charge in [-0.05, 0) is 35.7 Å². The van der Waals surface area contributed by atoms with E-state index in [1.807, 2.05) is 5.38 Å². The van der Waals surface area contributed by atoms with Gasteiger partial charge < -0.3 is 11.1 Å². The number of halogens is 1. The Kier molecular flexibility index (Phi) is 2.88. The Hall–Kier alpha value is -2.05. The minimum absolute atomic E-state index is 0.279. The van der Waals surface area contributed by atoms with E-state index in [2.05, 4.69) is 10.4 Å². The van der Waals surface area contributed by atoms with Crippen molar-refractivity contribution >= 4 is 45.9 Å². The van der Waals surface area contributed by atoms with Crippen LogP contribution in [0.4, 0.5) is 11.5 Å². The molecule has 0 bridgehead atoms. The van der Waals surface area contributed by atoms with Crippen molar-refractivity contribution in [3.05, 3.63) is 45.7 Å². The SMILES string of the molecule is Nc1ccc2ccc(C(=O)Nc3ccsc3Cl)n2n1. The molecule has 7 heteroatoms. The molecule has 0 aromatic carbocycles. The van der Waals surface area contributed by atoms with Crippen LogP contribution in [0.15, 0.2) is 35.7 Å². The van der Waals surface area contributed by atoms with Gasteiger partial charge in [0.2, 0.25) is 0 Å². The highest BCUT2D eigenvalue weighted by Gasteiger charge is 2.14. The zero-order valence-electron chi connectivity index (χ0n) is 9.63. The molecule has 3 rings (SSSR count). The van der Waals surface area contributed by atoms with Gasteiger partial charge in [-0.25, -0.2) is 4.52 Å². The highest BCUT2D eigenvalue weighted by molar-refractivity contribution is 7.15. The summed E-state index contributed by atoms with van der Waals surface area (Å²) in [6.45, 7) is 0. The van der Waals surface area contributed by atoms with Crippen LogP contribution in [-0.4, -0.2) is 15.5 Å². The van der Waals surface area contributed by atoms with Gasteiger partial charge in [-0.3, -0.25) is 4.79 Å². The van der Waals surface area contributed by atoms with E-state index in [1.54, 1.807) is 30.3 Å². The Morgan fingerprint density at radius 1 is 1.32 bits per heavy atom. The topological polar surface area (TPSA) is 72.4 Å². The van der Waals surface area contributed by atoms with E-state index in [4.69, 9.17) is 17.3 Å². The van der Waals surface area contributed by atoms with Gasteiger partial charge in [0.1, 0.15) is 15.8 Å². The Morgan fingerprint density at radius 3 is 2.84 bits per heavy atom. The normalized spacial score (nSPS) is 10.8. The van der Waals surface area contributed by atoms with Crippen LogP contribution in [0.1, 0.15) is 10.5 Å². The number of hydrogen-bond acceptors (Lipinski definition) is 4. The molecule has 96 valence electrons. The lowest BCUT2D eigenvalue weighted by Gasteiger charge is -2.04. The number of thiophene rings is 1. The summed E-state index contributed by atoms with van der Waals surface area (Å²) in [5.74, 6) is 0.0738. The number of nitrogens with zero attached hydrogens (tertiary/aromatic N) is 2. The fourth-order valence-corrected chi connectivity index (χ4v) is 2.58. The molecule has 3 N–H and O–H groups in total. The molecule has 5 nitrogen and oxygen atoms in total. The molecule has 0 saturated carbocycles. The lowest BCUT2D eigenvalue weighted by molar-refractivity contribution is 0.102. The second-order valence-electron chi connectivity index (χ2n) is 3.88. The molecule has 3 aromatic rings. The summed E-state index contributed by atoms with van der Waals surface area (Å²) in [6.07, 6.45) is 0. The van der Waals surface area contributed by atoms with Gasteiger partial charge >= 0.3 is 0 Å². The minimum atomic E-state index is -0.279. The number of anilines is 2. The van der Waals surface area contributed by atoms with Crippen molar-refractivity contribution < 1.29 is 4.79 Å². The highest BCUT2D eigenvalue weighted by Crippen LogP contribution is 2.28. The van der Waals surface area contributed by atoms with Crippen molar-refractivity contribution in [2.45, 2.75) is 0 Å². The van der Waals surface area contributed by atoms with Crippen molar-refractivity contribution in [1.29, 1.82) is 0 Å². The molecule has 0 atom stereocenters. The molecule has 3 aromatic heterocycles. The number of nitrogens with two attached hydrogens (primary N) is 1. The van der Waals surface area contributed by atoms with Crippen molar-refractivity contribution in [1.82, 2.24) is 9.61 Å². The number of carbonyl (C=O) groups excluding carboxylic acids is 1. The number of carbonyl (C=O) groups is 1. The third-order valence-corrected chi connectivity index (χ3v) is 3.79. The fraction of sp³-hybridized carbons (Fsp3) is 0. The second-order valence-corrected chi connectivity index (χ2v) is 5.39. The largest absolute Gasteiger partial charge is 0.382 e. The van der Waals surface area contributed by atoms with Gasteiger partial charge in [-0.15, -0.1) is 11.3 Å². The molecule has 0 fully saturated rings. The first kappa shape index (κ1) is 12.0. The van der Waals surface area contributed by atoms with Crippen LogP contribution in [-0.2, 0) is 0 Å². The molecule has 0 saturated heterocycles. The van der Waals surface area contributed by atoms with Crippen LogP contribution in [0, 0.1) is 0 Å². The van der Waals surface area contributed by atoms with Crippen molar-refractivity contribution in [2.75, 3.05) is 11.1 Å². The number of nitrogen functional groups attached to an aromatic ring is 1. The maximum absolute atomic E-state index is 12.2. The van der Waals surface area contributed by atoms with Gasteiger partial charge in [0.05, 0.1) is 11.2 Å². The quantitative estimate of drug-likeness (QED) is 0.763. The summed E-state index contributed by atoms with van der Waals surface area (Å²) in [7, 11) is 0. The zero-order valence-corrected chi connectivity index (χ0v) is 11.2. The lowest BCUT2D eigenvalue weighted by atomic mass is 10.4. The number of nitrogens with one attached hydrogen (secondary N) is 1. The molecule has 1 amide bonds. The van der Waals surface area contributed by atoms with Crippen molar-refractivity contribution in [2.24, 2.45) is 0 Å². The van der Waals surface area contributed by atoms with Crippen LogP contribution >= 0.6 is 22.9 Å². The van der Waals surface area contributed by atoms with E-state index < -0.39 is 0 Å². The molecule has 0 aliphatic rings. The maximum atomic E-state index is 12.2. The standard InChI is InChI=1S/C12H9ClN4OS/c13-11-8(5-6-19-11)15-12(18)9-3-1-7-2-4-10(14)16-17(7)9/h1-6H,(H2,14,16)(H,15,18). The predicted octanol–water partition coefficient (Wildman–Crippen LogP) is 2.88. The molecule has 19 heavy (non-hydrogen) atoms. The summed E-state index contributed by atoms with van der Waals surface area (Å²) in [6, 6.07) is 8.74. The Morgan fingerprint density at radius 2 is 2.11 bits per heavy atom. The van der Waals surface area contributed by atoms with Gasteiger partial charge in [0, 0.05) is 0 Å². The third kappa shape index (κ3) is 2.16. The van der Waals surface area contributed by atoms with E-state index in [-0.39, 0.29) is 5.91 Å². The Labute approximate surface area is 117 Å². The average molecular weight is 293 g/mol. The molecule has 0 aliphatic carbocycles. The highest BCUT2D eigenvalue weighted by atomic mass is 35.5. The number of hydrogen-bond donors (Lipinski definition) is 2. The molecule has 0 unspecified atom stereocenters. The van der Waals surface area contributed by atoms with E-state index in [1.165, 1.54) is 15.9 Å². The molecule has 3 heterocycles. The van der Waals surface area contributed by atoms with E-state index in [0.717, 1.165) is 5.52 Å². The van der Waals surface area contributed by atoms with E-state index in [0.29, 0.717) is 21.5 Å². The van der Waals surface area contributed by atoms with Crippen LogP contribution in [0.3, 0.4) is 0 Å². The first-order valence-corrected chi connectivity index (χ1v) is 6.69.